The van der Waals surface area contributed by atoms with Crippen molar-refractivity contribution in [2.24, 2.45) is 0 Å². The number of carbonyl (C=O) groups is 2. The van der Waals surface area contributed by atoms with Gasteiger partial charge in [-0.3, -0.25) is 14.9 Å². The summed E-state index contributed by atoms with van der Waals surface area (Å²) in [6.45, 7) is -0.501. The number of methoxy groups -OCH3 is 1. The first-order chi connectivity index (χ1) is 11.9. The molecule has 9 heteroatoms. The van der Waals surface area contributed by atoms with Crippen LogP contribution in [0.1, 0.15) is 10.4 Å². The van der Waals surface area contributed by atoms with E-state index >= 15 is 0 Å². The predicted octanol–water partition coefficient (Wildman–Crippen LogP) is 3.16. The highest BCUT2D eigenvalue weighted by atomic mass is 79.9. The van der Waals surface area contributed by atoms with Crippen molar-refractivity contribution < 1.29 is 24.0 Å². The molecule has 0 atom stereocenters. The van der Waals surface area contributed by atoms with Crippen molar-refractivity contribution in [3.05, 3.63) is 62.6 Å². The molecule has 0 unspecified atom stereocenters. The molecule has 25 heavy (non-hydrogen) atoms. The quantitative estimate of drug-likeness (QED) is 0.446. The van der Waals surface area contributed by atoms with Gasteiger partial charge < -0.3 is 14.8 Å². The standard InChI is InChI=1S/C16H13BrN2O6/c1-24-12-6-7-14(17)13(8-12)16(21)25-9-15(20)18-10-2-4-11(5-3-10)19(22)23/h2-8H,9H2,1H3,(H,18,20). The molecule has 0 fully saturated rings. The van der Waals surface area contributed by atoms with Gasteiger partial charge in [-0.05, 0) is 46.3 Å². The van der Waals surface area contributed by atoms with Crippen LogP contribution in [0.15, 0.2) is 46.9 Å². The topological polar surface area (TPSA) is 108 Å². The van der Waals surface area contributed by atoms with Crippen LogP contribution in [0.2, 0.25) is 0 Å². The molecule has 2 aromatic rings. The van der Waals surface area contributed by atoms with Gasteiger partial charge in [0.25, 0.3) is 11.6 Å². The van der Waals surface area contributed by atoms with Gasteiger partial charge in [0.1, 0.15) is 5.75 Å². The lowest BCUT2D eigenvalue weighted by Crippen LogP contribution is -2.21. The van der Waals surface area contributed by atoms with E-state index in [-0.39, 0.29) is 11.3 Å². The average molecular weight is 409 g/mol. The van der Waals surface area contributed by atoms with Crippen LogP contribution >= 0.6 is 15.9 Å². The second-order valence-corrected chi connectivity index (χ2v) is 5.63. The van der Waals surface area contributed by atoms with Crippen LogP contribution in [0, 0.1) is 10.1 Å². The first-order valence-corrected chi connectivity index (χ1v) is 7.75. The third-order valence-corrected chi connectivity index (χ3v) is 3.78. The number of non-ortho nitro benzene ring substituents is 1. The number of hydrogen-bond donors (Lipinski definition) is 1. The molecule has 0 bridgehead atoms. The van der Waals surface area contributed by atoms with Crippen LogP contribution in [0.25, 0.3) is 0 Å². The zero-order chi connectivity index (χ0) is 18.4. The van der Waals surface area contributed by atoms with Crippen LogP contribution in [-0.4, -0.2) is 30.5 Å². The number of ether oxygens (including phenoxy) is 2. The van der Waals surface area contributed by atoms with Crippen LogP contribution in [0.5, 0.6) is 5.75 Å². The van der Waals surface area contributed by atoms with E-state index in [4.69, 9.17) is 9.47 Å². The first kappa shape index (κ1) is 18.4. The molecule has 0 spiro atoms. The summed E-state index contributed by atoms with van der Waals surface area (Å²) in [7, 11) is 1.47. The largest absolute Gasteiger partial charge is 0.497 e. The summed E-state index contributed by atoms with van der Waals surface area (Å²) in [5.74, 6) is -0.781. The molecular formula is C16H13BrN2O6. The van der Waals surface area contributed by atoms with E-state index in [1.807, 2.05) is 0 Å². The number of nitro benzene ring substituents is 1. The first-order valence-electron chi connectivity index (χ1n) is 6.95. The molecule has 0 aliphatic carbocycles. The molecule has 2 rings (SSSR count). The molecule has 0 saturated heterocycles. The summed E-state index contributed by atoms with van der Waals surface area (Å²) < 4.78 is 10.5. The third-order valence-electron chi connectivity index (χ3n) is 3.09. The van der Waals surface area contributed by atoms with Crippen LogP contribution in [0.4, 0.5) is 11.4 Å². The number of halogens is 1. The minimum Gasteiger partial charge on any atom is -0.497 e. The Morgan fingerprint density at radius 1 is 1.20 bits per heavy atom. The molecule has 130 valence electrons. The molecule has 0 saturated carbocycles. The van der Waals surface area contributed by atoms with Gasteiger partial charge >= 0.3 is 5.97 Å². The highest BCUT2D eigenvalue weighted by molar-refractivity contribution is 9.10. The second-order valence-electron chi connectivity index (χ2n) is 4.77. The van der Waals surface area contributed by atoms with Crippen LogP contribution in [-0.2, 0) is 9.53 Å². The third kappa shape index (κ3) is 5.01. The van der Waals surface area contributed by atoms with Crippen molar-refractivity contribution in [3.63, 3.8) is 0 Å². The minimum absolute atomic E-state index is 0.0905. The Morgan fingerprint density at radius 3 is 2.48 bits per heavy atom. The summed E-state index contributed by atoms with van der Waals surface area (Å²) in [6, 6.07) is 10.1. The maximum atomic E-state index is 12.0. The van der Waals surface area contributed by atoms with Gasteiger partial charge in [0, 0.05) is 22.3 Å². The molecule has 0 heterocycles. The number of hydrogen-bond acceptors (Lipinski definition) is 6. The zero-order valence-electron chi connectivity index (χ0n) is 13.0. The lowest BCUT2D eigenvalue weighted by molar-refractivity contribution is -0.384. The molecule has 0 radical (unpaired) electrons. The molecule has 0 aromatic heterocycles. The molecule has 2 aromatic carbocycles. The predicted molar refractivity (Wildman–Crippen MR) is 92.7 cm³/mol. The van der Waals surface area contributed by atoms with E-state index in [1.165, 1.54) is 37.4 Å². The van der Waals surface area contributed by atoms with E-state index in [1.54, 1.807) is 12.1 Å². The number of carbonyl (C=O) groups excluding carboxylic acids is 2. The van der Waals surface area contributed by atoms with Gasteiger partial charge in [0.2, 0.25) is 0 Å². The Labute approximate surface area is 151 Å². The van der Waals surface area contributed by atoms with Crippen molar-refractivity contribution in [3.8, 4) is 5.75 Å². The lowest BCUT2D eigenvalue weighted by atomic mass is 10.2. The fraction of sp³-hybridized carbons (Fsp3) is 0.125. The van der Waals surface area contributed by atoms with Crippen molar-refractivity contribution >= 4 is 39.2 Å². The summed E-state index contributed by atoms with van der Waals surface area (Å²) in [5, 5.41) is 13.0. The molecule has 1 amide bonds. The second kappa shape index (κ2) is 8.25. The molecule has 0 aliphatic heterocycles. The number of amides is 1. The average Bonchev–Trinajstić information content (AvgIpc) is 2.60. The Morgan fingerprint density at radius 2 is 1.88 bits per heavy atom. The van der Waals surface area contributed by atoms with Gasteiger partial charge in [0.05, 0.1) is 17.6 Å². The van der Waals surface area contributed by atoms with Gasteiger partial charge in [0.15, 0.2) is 6.61 Å². The maximum absolute atomic E-state index is 12.0. The number of benzene rings is 2. The fourth-order valence-corrected chi connectivity index (χ4v) is 2.27. The van der Waals surface area contributed by atoms with E-state index < -0.39 is 23.4 Å². The number of anilines is 1. The monoisotopic (exact) mass is 408 g/mol. The highest BCUT2D eigenvalue weighted by Gasteiger charge is 2.15. The SMILES string of the molecule is COc1ccc(Br)c(C(=O)OCC(=O)Nc2ccc([N+](=O)[O-])cc2)c1. The highest BCUT2D eigenvalue weighted by Crippen LogP contribution is 2.23. The number of rotatable bonds is 6. The molecule has 0 aliphatic rings. The van der Waals surface area contributed by atoms with Crippen molar-refractivity contribution in [1.82, 2.24) is 0 Å². The van der Waals surface area contributed by atoms with Crippen LogP contribution < -0.4 is 10.1 Å². The summed E-state index contributed by atoms with van der Waals surface area (Å²) >= 11 is 3.23. The minimum atomic E-state index is -0.690. The lowest BCUT2D eigenvalue weighted by Gasteiger charge is -2.08. The zero-order valence-corrected chi connectivity index (χ0v) is 14.6. The van der Waals surface area contributed by atoms with E-state index in [9.17, 15) is 19.7 Å². The summed E-state index contributed by atoms with van der Waals surface area (Å²) in [4.78, 5) is 33.9. The molecule has 1 N–H and O–H groups in total. The van der Waals surface area contributed by atoms with E-state index in [2.05, 4.69) is 21.2 Å². The fourth-order valence-electron chi connectivity index (χ4n) is 1.86. The van der Waals surface area contributed by atoms with Gasteiger partial charge in [-0.15, -0.1) is 0 Å². The Bertz CT molecular complexity index is 807. The Balaban J connectivity index is 1.93. The van der Waals surface area contributed by atoms with Gasteiger partial charge in [-0.25, -0.2) is 4.79 Å². The van der Waals surface area contributed by atoms with Crippen molar-refractivity contribution in [2.75, 3.05) is 19.0 Å². The normalized spacial score (nSPS) is 10.0. The van der Waals surface area contributed by atoms with Crippen LogP contribution in [0.3, 0.4) is 0 Å². The maximum Gasteiger partial charge on any atom is 0.339 e. The number of nitrogens with zero attached hydrogens (tertiary/aromatic N) is 1. The smallest absolute Gasteiger partial charge is 0.339 e. The number of nitro groups is 1. The number of esters is 1. The summed E-state index contributed by atoms with van der Waals surface area (Å²) in [6.07, 6.45) is 0. The van der Waals surface area contributed by atoms with Crippen molar-refractivity contribution in [1.29, 1.82) is 0 Å². The number of nitrogens with one attached hydrogen (secondary N) is 1. The van der Waals surface area contributed by atoms with Crippen molar-refractivity contribution in [2.45, 2.75) is 0 Å². The Kier molecular flexibility index (Phi) is 6.07. The van der Waals surface area contributed by atoms with E-state index in [0.29, 0.717) is 15.9 Å². The van der Waals surface area contributed by atoms with Gasteiger partial charge in [-0.1, -0.05) is 0 Å². The molecular weight excluding hydrogens is 396 g/mol. The van der Waals surface area contributed by atoms with Gasteiger partial charge in [-0.2, -0.15) is 0 Å². The molecule has 8 nitrogen and oxygen atoms in total. The van der Waals surface area contributed by atoms with E-state index in [0.717, 1.165) is 0 Å². The summed E-state index contributed by atoms with van der Waals surface area (Å²) in [5.41, 5.74) is 0.490. The Hall–Kier alpha value is -2.94.